The molecule has 0 radical (unpaired) electrons. The number of methoxy groups -OCH3 is 1. The first kappa shape index (κ1) is 27.5. The van der Waals surface area contributed by atoms with Crippen molar-refractivity contribution in [3.05, 3.63) is 11.8 Å². The molecule has 0 aliphatic carbocycles. The Balaban J connectivity index is 3.08. The molecule has 0 unspecified atom stereocenters. The van der Waals surface area contributed by atoms with Crippen LogP contribution in [0.1, 0.15) is 38.5 Å². The van der Waals surface area contributed by atoms with Crippen LogP contribution in [0.4, 0.5) is 0 Å². The van der Waals surface area contributed by atoms with E-state index in [1.54, 1.807) is 0 Å². The molecule has 0 aromatic rings. The summed E-state index contributed by atoms with van der Waals surface area (Å²) in [6, 6.07) is -1.93. The second-order valence-corrected chi connectivity index (χ2v) is 11.5. The molecule has 0 aromatic heterocycles. The van der Waals surface area contributed by atoms with Crippen LogP contribution in [0.2, 0.25) is 0 Å². The van der Waals surface area contributed by atoms with Crippen molar-refractivity contribution in [3.63, 3.8) is 0 Å². The van der Waals surface area contributed by atoms with Crippen LogP contribution in [0, 0.1) is 12.3 Å². The highest BCUT2D eigenvalue weighted by molar-refractivity contribution is 6.67. The molecule has 1 rings (SSSR count). The van der Waals surface area contributed by atoms with Crippen LogP contribution in [-0.4, -0.2) is 49.4 Å². The fourth-order valence-electron chi connectivity index (χ4n) is 2.78. The third kappa shape index (κ3) is 9.30. The van der Waals surface area contributed by atoms with Gasteiger partial charge in [0.25, 0.3) is 11.8 Å². The van der Waals surface area contributed by atoms with E-state index in [2.05, 4.69) is 11.2 Å². The SMILES string of the molecule is C#CCCC(=O)N[C@H](CCC(Cl)(Cl)Cl)C(=O)N1C(=O)C=C(OC)[C@@H]1CCC(Cl)(Cl)Cl. The van der Waals surface area contributed by atoms with Crippen LogP contribution in [0.3, 0.4) is 0 Å². The number of hydrogen-bond donors (Lipinski definition) is 1. The van der Waals surface area contributed by atoms with Crippen molar-refractivity contribution in [2.45, 2.75) is 58.2 Å². The topological polar surface area (TPSA) is 75.7 Å². The molecule has 3 amide bonds. The summed E-state index contributed by atoms with van der Waals surface area (Å²) in [5.74, 6) is 0.784. The molecule has 0 aromatic carbocycles. The number of rotatable bonds is 9. The molecule has 1 aliphatic heterocycles. The zero-order valence-corrected chi connectivity index (χ0v) is 20.4. The lowest BCUT2D eigenvalue weighted by Crippen LogP contribution is -2.52. The number of nitrogens with zero attached hydrogens (tertiary/aromatic N) is 1. The number of alkyl halides is 6. The number of imide groups is 1. The van der Waals surface area contributed by atoms with Crippen molar-refractivity contribution in [1.29, 1.82) is 0 Å². The van der Waals surface area contributed by atoms with E-state index in [0.29, 0.717) is 0 Å². The molecule has 12 heteroatoms. The average molecular weight is 541 g/mol. The Morgan fingerprint density at radius 2 is 1.83 bits per heavy atom. The Hall–Kier alpha value is -0.550. The molecule has 0 saturated carbocycles. The van der Waals surface area contributed by atoms with Gasteiger partial charge in [-0.15, -0.1) is 12.3 Å². The number of carbonyl (C=O) groups excluding carboxylic acids is 3. The molecule has 0 spiro atoms. The number of halogens is 6. The van der Waals surface area contributed by atoms with Gasteiger partial charge >= 0.3 is 0 Å². The Morgan fingerprint density at radius 1 is 1.23 bits per heavy atom. The van der Waals surface area contributed by atoms with E-state index in [9.17, 15) is 14.4 Å². The van der Waals surface area contributed by atoms with E-state index in [0.717, 1.165) is 4.90 Å². The summed E-state index contributed by atoms with van der Waals surface area (Å²) in [5, 5.41) is 2.55. The quantitative estimate of drug-likeness (QED) is 0.346. The van der Waals surface area contributed by atoms with E-state index in [1.807, 2.05) is 0 Å². The van der Waals surface area contributed by atoms with E-state index >= 15 is 0 Å². The Bertz CT molecular complexity index is 724. The van der Waals surface area contributed by atoms with Gasteiger partial charge in [-0.2, -0.15) is 0 Å². The molecule has 2 atom stereocenters. The Morgan fingerprint density at radius 3 is 2.33 bits per heavy atom. The molecule has 1 N–H and O–H groups in total. The van der Waals surface area contributed by atoms with Crippen LogP contribution < -0.4 is 5.32 Å². The maximum atomic E-state index is 13.2. The number of carbonyl (C=O) groups is 3. The van der Waals surface area contributed by atoms with Crippen molar-refractivity contribution in [2.24, 2.45) is 0 Å². The standard InChI is InChI=1S/C18H20Cl6N2O4/c1-3-4-5-14(27)25-11(6-8-17(19,20)21)16(29)26-12(7-9-18(22,23)24)13(30-2)10-15(26)28/h1,10-12H,4-9H2,2H3,(H,25,27)/t11-,12+/m1/s1. The summed E-state index contributed by atoms with van der Waals surface area (Å²) in [6.45, 7) is 0. The zero-order chi connectivity index (χ0) is 23.1. The number of ether oxygens (including phenoxy) is 1. The van der Waals surface area contributed by atoms with Gasteiger partial charge in [0.1, 0.15) is 11.8 Å². The number of hydrogen-bond acceptors (Lipinski definition) is 4. The van der Waals surface area contributed by atoms with Crippen LogP contribution in [0.15, 0.2) is 11.8 Å². The molecule has 6 nitrogen and oxygen atoms in total. The van der Waals surface area contributed by atoms with Crippen LogP contribution in [0.5, 0.6) is 0 Å². The first-order chi connectivity index (χ1) is 13.8. The van der Waals surface area contributed by atoms with Crippen molar-refractivity contribution in [1.82, 2.24) is 10.2 Å². The Labute approximate surface area is 205 Å². The van der Waals surface area contributed by atoms with Crippen molar-refractivity contribution >= 4 is 87.3 Å². The van der Waals surface area contributed by atoms with E-state index in [-0.39, 0.29) is 44.3 Å². The molecule has 1 heterocycles. The summed E-state index contributed by atoms with van der Waals surface area (Å²) < 4.78 is 1.98. The summed E-state index contributed by atoms with van der Waals surface area (Å²) in [4.78, 5) is 38.8. The average Bonchev–Trinajstić information content (AvgIpc) is 2.95. The van der Waals surface area contributed by atoms with E-state index < -0.39 is 37.4 Å². The number of nitrogens with one attached hydrogen (secondary N) is 1. The van der Waals surface area contributed by atoms with Crippen LogP contribution >= 0.6 is 69.6 Å². The minimum absolute atomic E-state index is 0.000256. The molecular weight excluding hydrogens is 521 g/mol. The molecule has 30 heavy (non-hydrogen) atoms. The van der Waals surface area contributed by atoms with Gasteiger partial charge in [-0.1, -0.05) is 69.6 Å². The fraction of sp³-hybridized carbons (Fsp3) is 0.611. The second kappa shape index (κ2) is 11.9. The van der Waals surface area contributed by atoms with Crippen molar-refractivity contribution < 1.29 is 19.1 Å². The smallest absolute Gasteiger partial charge is 0.257 e. The summed E-state index contributed by atoms with van der Waals surface area (Å²) in [6.07, 6.45) is 6.63. The third-order valence-corrected chi connectivity index (χ3v) is 5.30. The highest BCUT2D eigenvalue weighted by Gasteiger charge is 2.42. The molecular formula is C18H20Cl6N2O4. The lowest BCUT2D eigenvalue weighted by Gasteiger charge is -2.30. The third-order valence-electron chi connectivity index (χ3n) is 4.16. The Kier molecular flexibility index (Phi) is 10.9. The maximum Gasteiger partial charge on any atom is 0.257 e. The van der Waals surface area contributed by atoms with Gasteiger partial charge in [-0.3, -0.25) is 19.3 Å². The monoisotopic (exact) mass is 538 g/mol. The summed E-state index contributed by atoms with van der Waals surface area (Å²) >= 11 is 34.8. The van der Waals surface area contributed by atoms with Crippen molar-refractivity contribution in [2.75, 3.05) is 7.11 Å². The lowest BCUT2D eigenvalue weighted by molar-refractivity contribution is -0.146. The first-order valence-corrected chi connectivity index (χ1v) is 11.0. The normalized spacial score (nSPS) is 17.9. The molecule has 0 fully saturated rings. The molecule has 0 saturated heterocycles. The minimum atomic E-state index is -1.65. The zero-order valence-electron chi connectivity index (χ0n) is 15.9. The maximum absolute atomic E-state index is 13.2. The molecule has 0 bridgehead atoms. The van der Waals surface area contributed by atoms with Gasteiger partial charge in [-0.25, -0.2) is 0 Å². The number of amides is 3. The van der Waals surface area contributed by atoms with Crippen molar-refractivity contribution in [3.8, 4) is 12.3 Å². The molecule has 1 aliphatic rings. The van der Waals surface area contributed by atoms with E-state index in [1.165, 1.54) is 13.2 Å². The van der Waals surface area contributed by atoms with Gasteiger partial charge in [0.2, 0.25) is 5.91 Å². The highest BCUT2D eigenvalue weighted by Crippen LogP contribution is 2.36. The van der Waals surface area contributed by atoms with Gasteiger partial charge in [0, 0.05) is 18.9 Å². The van der Waals surface area contributed by atoms with Crippen LogP contribution in [-0.2, 0) is 19.1 Å². The first-order valence-electron chi connectivity index (χ1n) is 8.78. The second-order valence-electron chi connectivity index (χ2n) is 6.45. The predicted octanol–water partition coefficient (Wildman–Crippen LogP) is 4.45. The summed E-state index contributed by atoms with van der Waals surface area (Å²) in [5.41, 5.74) is 0. The van der Waals surface area contributed by atoms with Gasteiger partial charge < -0.3 is 10.1 Å². The van der Waals surface area contributed by atoms with Gasteiger partial charge in [0.05, 0.1) is 13.2 Å². The van der Waals surface area contributed by atoms with E-state index in [4.69, 9.17) is 80.8 Å². The molecule has 168 valence electrons. The minimum Gasteiger partial charge on any atom is -0.499 e. The summed E-state index contributed by atoms with van der Waals surface area (Å²) in [7, 11) is 1.36. The fourth-order valence-corrected chi connectivity index (χ4v) is 3.44. The van der Waals surface area contributed by atoms with Crippen LogP contribution in [0.25, 0.3) is 0 Å². The van der Waals surface area contributed by atoms with Gasteiger partial charge in [0.15, 0.2) is 7.59 Å². The lowest BCUT2D eigenvalue weighted by atomic mass is 10.1. The predicted molar refractivity (Wildman–Crippen MR) is 120 cm³/mol. The highest BCUT2D eigenvalue weighted by atomic mass is 35.6. The van der Waals surface area contributed by atoms with Gasteiger partial charge in [-0.05, 0) is 25.7 Å². The largest absolute Gasteiger partial charge is 0.499 e. The number of terminal acetylenes is 1.